The van der Waals surface area contributed by atoms with Gasteiger partial charge in [0.15, 0.2) is 11.6 Å². The minimum absolute atomic E-state index is 0.0277. The van der Waals surface area contributed by atoms with Crippen LogP contribution in [0.2, 0.25) is 0 Å². The van der Waals surface area contributed by atoms with Gasteiger partial charge in [-0.1, -0.05) is 0 Å². The van der Waals surface area contributed by atoms with Crippen molar-refractivity contribution in [1.29, 1.82) is 0 Å². The molecule has 1 atom stereocenters. The van der Waals surface area contributed by atoms with Crippen LogP contribution >= 0.6 is 11.3 Å². The van der Waals surface area contributed by atoms with Gasteiger partial charge >= 0.3 is 6.09 Å². The van der Waals surface area contributed by atoms with Gasteiger partial charge in [0.1, 0.15) is 17.7 Å². The Bertz CT molecular complexity index is 1700. The normalized spacial score (nSPS) is 11.9. The van der Waals surface area contributed by atoms with Crippen LogP contribution in [0, 0.1) is 12.7 Å². The summed E-state index contributed by atoms with van der Waals surface area (Å²) in [6.07, 6.45) is 2.10. The molecule has 1 amide bonds. The molecule has 206 valence electrons. The minimum atomic E-state index is -0.689. The zero-order chi connectivity index (χ0) is 28.2. The largest absolute Gasteiger partial charge is 0.487 e. The first-order chi connectivity index (χ1) is 19.3. The Hall–Kier alpha value is -4.42. The summed E-state index contributed by atoms with van der Waals surface area (Å²) in [5.41, 5.74) is 4.73. The van der Waals surface area contributed by atoms with Crippen molar-refractivity contribution in [2.75, 3.05) is 25.6 Å². The molecule has 0 unspecified atom stereocenters. The maximum atomic E-state index is 14.9. The van der Waals surface area contributed by atoms with E-state index in [1.165, 1.54) is 30.7 Å². The van der Waals surface area contributed by atoms with Crippen LogP contribution in [0.4, 0.5) is 14.9 Å². The number of aliphatic hydroxyl groups is 1. The number of rotatable bonds is 9. The number of halogens is 1. The van der Waals surface area contributed by atoms with Gasteiger partial charge in [-0.05, 0) is 43.7 Å². The number of hydrogen-bond acceptors (Lipinski definition) is 10. The van der Waals surface area contributed by atoms with Crippen LogP contribution in [-0.4, -0.2) is 57.6 Å². The third-order valence-electron chi connectivity index (χ3n) is 5.86. The van der Waals surface area contributed by atoms with Gasteiger partial charge in [0.2, 0.25) is 5.88 Å². The highest BCUT2D eigenvalue weighted by Crippen LogP contribution is 2.37. The molecule has 12 heteroatoms. The zero-order valence-electron chi connectivity index (χ0n) is 22.0. The van der Waals surface area contributed by atoms with Gasteiger partial charge in [-0.25, -0.2) is 24.1 Å². The number of carbonyl (C=O) groups is 1. The van der Waals surface area contributed by atoms with Crippen LogP contribution in [0.1, 0.15) is 18.2 Å². The fourth-order valence-corrected chi connectivity index (χ4v) is 5.04. The van der Waals surface area contributed by atoms with Crippen LogP contribution in [0.25, 0.3) is 31.8 Å². The van der Waals surface area contributed by atoms with Crippen LogP contribution < -0.4 is 14.8 Å². The van der Waals surface area contributed by atoms with Crippen molar-refractivity contribution in [3.63, 3.8) is 0 Å². The molecule has 0 aliphatic carbocycles. The van der Waals surface area contributed by atoms with Crippen molar-refractivity contribution in [2.24, 2.45) is 0 Å². The summed E-state index contributed by atoms with van der Waals surface area (Å²) in [6, 6.07) is 10.1. The number of anilines is 1. The lowest BCUT2D eigenvalue weighted by atomic mass is 10.1. The van der Waals surface area contributed by atoms with E-state index in [9.17, 15) is 9.18 Å². The second kappa shape index (κ2) is 11.8. The molecule has 0 bridgehead atoms. The topological polar surface area (TPSA) is 129 Å². The number of aromatic nitrogens is 4. The van der Waals surface area contributed by atoms with E-state index in [0.29, 0.717) is 45.2 Å². The number of nitrogens with one attached hydrogen (secondary N) is 1. The van der Waals surface area contributed by atoms with Crippen LogP contribution in [0.3, 0.4) is 0 Å². The molecule has 40 heavy (non-hydrogen) atoms. The number of amides is 1. The molecule has 0 saturated heterocycles. The summed E-state index contributed by atoms with van der Waals surface area (Å²) < 4.78 is 31.8. The Labute approximate surface area is 232 Å². The highest BCUT2D eigenvalue weighted by atomic mass is 32.1. The summed E-state index contributed by atoms with van der Waals surface area (Å²) in [4.78, 5) is 30.0. The first-order valence-corrected chi connectivity index (χ1v) is 13.2. The molecular formula is C28H26FN5O5S. The Morgan fingerprint density at radius 1 is 1.15 bits per heavy atom. The lowest BCUT2D eigenvalue weighted by Gasteiger charge is -2.15. The smallest absolute Gasteiger partial charge is 0.412 e. The SMILES string of the molecule is COc1cnc2c(-c3nc4cc(F)c(OC[C@@H](C)OC(=O)Nc5ccnc(CCO)c5)cc4s3)cc(C)cc2n1. The summed E-state index contributed by atoms with van der Waals surface area (Å²) in [5.74, 6) is -0.134. The van der Waals surface area contributed by atoms with E-state index >= 15 is 0 Å². The number of aryl methyl sites for hydroxylation is 1. The van der Waals surface area contributed by atoms with E-state index in [1.807, 2.05) is 19.1 Å². The summed E-state index contributed by atoms with van der Waals surface area (Å²) in [6.45, 7) is 3.49. The standard InChI is InChI=1S/C28H26FN5O5S/c1-15-8-19(26-22(9-15)33-25(37-3)13-31-26)27-34-21-11-20(29)23(12-24(21)40-27)38-14-16(2)39-28(36)32-18-4-6-30-17(10-18)5-7-35/h4,6,8-13,16,35H,5,7,14H2,1-3H3,(H,30,32,36)/t16-/m1/s1. The van der Waals surface area contributed by atoms with Gasteiger partial charge in [0, 0.05) is 48.3 Å². The fraction of sp³-hybridized carbons (Fsp3) is 0.250. The Morgan fingerprint density at radius 2 is 2.00 bits per heavy atom. The highest BCUT2D eigenvalue weighted by molar-refractivity contribution is 7.21. The molecule has 2 aromatic carbocycles. The van der Waals surface area contributed by atoms with Crippen LogP contribution in [-0.2, 0) is 11.2 Å². The van der Waals surface area contributed by atoms with E-state index < -0.39 is 18.0 Å². The van der Waals surface area contributed by atoms with Gasteiger partial charge in [-0.2, -0.15) is 0 Å². The van der Waals surface area contributed by atoms with Crippen molar-refractivity contribution in [2.45, 2.75) is 26.4 Å². The Kier molecular flexibility index (Phi) is 7.99. The van der Waals surface area contributed by atoms with Crippen LogP contribution in [0.15, 0.2) is 48.8 Å². The number of carbonyl (C=O) groups excluding carboxylic acids is 1. The molecule has 3 heterocycles. The van der Waals surface area contributed by atoms with Crippen molar-refractivity contribution in [3.8, 4) is 22.2 Å². The maximum Gasteiger partial charge on any atom is 0.412 e. The predicted octanol–water partition coefficient (Wildman–Crippen LogP) is 5.31. The van der Waals surface area contributed by atoms with Crippen LogP contribution in [0.5, 0.6) is 11.6 Å². The van der Waals surface area contributed by atoms with Gasteiger partial charge < -0.3 is 19.3 Å². The first-order valence-electron chi connectivity index (χ1n) is 12.4. The van der Waals surface area contributed by atoms with Gasteiger partial charge in [0.05, 0.1) is 34.6 Å². The third-order valence-corrected chi connectivity index (χ3v) is 6.91. The number of benzene rings is 2. The lowest BCUT2D eigenvalue weighted by Crippen LogP contribution is -2.25. The fourth-order valence-electron chi connectivity index (χ4n) is 4.04. The Balaban J connectivity index is 1.28. The van der Waals surface area contributed by atoms with E-state index in [4.69, 9.17) is 19.3 Å². The Morgan fingerprint density at radius 3 is 2.80 bits per heavy atom. The summed E-state index contributed by atoms with van der Waals surface area (Å²) in [7, 11) is 1.54. The highest BCUT2D eigenvalue weighted by Gasteiger charge is 2.17. The van der Waals surface area contributed by atoms with E-state index in [1.54, 1.807) is 31.3 Å². The second-order valence-corrected chi connectivity index (χ2v) is 10.1. The van der Waals surface area contributed by atoms with E-state index in [2.05, 4.69) is 25.3 Å². The molecule has 10 nitrogen and oxygen atoms in total. The predicted molar refractivity (Wildman–Crippen MR) is 149 cm³/mol. The molecule has 0 spiro atoms. The molecule has 0 saturated carbocycles. The number of aliphatic hydroxyl groups excluding tert-OH is 1. The average Bonchev–Trinajstić information content (AvgIpc) is 3.33. The van der Waals surface area contributed by atoms with Crippen molar-refractivity contribution in [1.82, 2.24) is 19.9 Å². The monoisotopic (exact) mass is 563 g/mol. The third kappa shape index (κ3) is 6.08. The number of pyridine rings is 1. The number of hydrogen-bond donors (Lipinski definition) is 2. The molecule has 2 N–H and O–H groups in total. The lowest BCUT2D eigenvalue weighted by molar-refractivity contribution is 0.0844. The summed E-state index contributed by atoms with van der Waals surface area (Å²) >= 11 is 1.38. The van der Waals surface area contributed by atoms with E-state index in [-0.39, 0.29) is 19.0 Å². The molecule has 0 fully saturated rings. The van der Waals surface area contributed by atoms with Crippen molar-refractivity contribution >= 4 is 44.4 Å². The summed E-state index contributed by atoms with van der Waals surface area (Å²) in [5, 5.41) is 12.3. The van der Waals surface area contributed by atoms with Crippen molar-refractivity contribution in [3.05, 3.63) is 65.9 Å². The molecular weight excluding hydrogens is 537 g/mol. The number of methoxy groups -OCH3 is 1. The first kappa shape index (κ1) is 27.2. The molecule has 5 aromatic rings. The molecule has 0 aliphatic rings. The average molecular weight is 564 g/mol. The molecule has 5 rings (SSSR count). The molecule has 3 aromatic heterocycles. The minimum Gasteiger partial charge on any atom is -0.487 e. The maximum absolute atomic E-state index is 14.9. The zero-order valence-corrected chi connectivity index (χ0v) is 22.8. The van der Waals surface area contributed by atoms with Gasteiger partial charge in [0.25, 0.3) is 0 Å². The van der Waals surface area contributed by atoms with Gasteiger partial charge in [-0.3, -0.25) is 10.3 Å². The van der Waals surface area contributed by atoms with E-state index in [0.717, 1.165) is 15.8 Å². The second-order valence-electron chi connectivity index (χ2n) is 9.02. The quantitative estimate of drug-likeness (QED) is 0.245. The molecule has 0 aliphatic heterocycles. The number of thiazole rings is 1. The number of fused-ring (bicyclic) bond motifs is 2. The molecule has 0 radical (unpaired) electrons. The van der Waals surface area contributed by atoms with Gasteiger partial charge in [-0.15, -0.1) is 11.3 Å². The number of ether oxygens (including phenoxy) is 3. The van der Waals surface area contributed by atoms with Crippen molar-refractivity contribution < 1.29 is 28.5 Å². The number of nitrogens with zero attached hydrogens (tertiary/aromatic N) is 4.